The van der Waals surface area contributed by atoms with Crippen LogP contribution in [0.25, 0.3) is 0 Å². The van der Waals surface area contributed by atoms with E-state index in [0.29, 0.717) is 11.6 Å². The molecule has 1 aromatic rings. The summed E-state index contributed by atoms with van der Waals surface area (Å²) in [4.78, 5) is 11.1. The third-order valence-corrected chi connectivity index (χ3v) is 1.77. The zero-order valence-electron chi connectivity index (χ0n) is 7.38. The van der Waals surface area contributed by atoms with Crippen molar-refractivity contribution in [1.29, 1.82) is 0 Å². The fourth-order valence-electron chi connectivity index (χ4n) is 0.931. The van der Waals surface area contributed by atoms with E-state index < -0.39 is 0 Å². The molecule has 0 spiro atoms. The molecule has 4 heteroatoms. The number of halogens is 1. The van der Waals surface area contributed by atoms with Crippen molar-refractivity contribution in [2.75, 3.05) is 18.9 Å². The first-order valence-corrected chi connectivity index (χ1v) is 4.43. The van der Waals surface area contributed by atoms with Gasteiger partial charge < -0.3 is 10.6 Å². The number of likely N-dealkylation sites (N-methyl/N-ethyl adjacent to an activating group) is 1. The van der Waals surface area contributed by atoms with Gasteiger partial charge in [-0.1, -0.05) is 11.6 Å². The Morgan fingerprint density at radius 1 is 1.46 bits per heavy atom. The normalized spacial score (nSPS) is 9.69. The summed E-state index contributed by atoms with van der Waals surface area (Å²) in [5, 5.41) is 5.22. The van der Waals surface area contributed by atoms with E-state index in [1.807, 2.05) is 12.4 Å². The largest absolute Gasteiger partial charge is 0.341 e. The molecule has 0 aliphatic heterocycles. The maximum atomic E-state index is 11.1. The van der Waals surface area contributed by atoms with Crippen LogP contribution in [0.2, 0.25) is 5.02 Å². The van der Waals surface area contributed by atoms with Crippen LogP contribution in [0.4, 0.5) is 5.69 Å². The first kappa shape index (κ1) is 10.0. The van der Waals surface area contributed by atoms with E-state index in [1.54, 1.807) is 24.3 Å². The third-order valence-electron chi connectivity index (χ3n) is 1.52. The lowest BCUT2D eigenvalue weighted by Gasteiger charge is -2.02. The Morgan fingerprint density at radius 2 is 2.08 bits per heavy atom. The van der Waals surface area contributed by atoms with Gasteiger partial charge in [0.1, 0.15) is 0 Å². The van der Waals surface area contributed by atoms with Crippen molar-refractivity contribution >= 4 is 23.2 Å². The lowest BCUT2D eigenvalue weighted by Crippen LogP contribution is -2.82. The second-order valence-corrected chi connectivity index (χ2v) is 3.10. The average molecular weight is 200 g/mol. The minimum atomic E-state index is -0.00942. The van der Waals surface area contributed by atoms with Crippen LogP contribution in [-0.4, -0.2) is 19.5 Å². The van der Waals surface area contributed by atoms with E-state index in [2.05, 4.69) is 5.32 Å². The quantitative estimate of drug-likeness (QED) is 0.731. The highest BCUT2D eigenvalue weighted by molar-refractivity contribution is 6.30. The standard InChI is InChI=1S/C9H11ClN2O/c1-11-6-9(13)12-8-4-2-7(10)3-5-8/h2-5,11H,6H2,1H3,(H,12,13)/p+1. The topological polar surface area (TPSA) is 45.7 Å². The zero-order valence-corrected chi connectivity index (χ0v) is 8.14. The number of benzene rings is 1. The molecule has 0 fully saturated rings. The number of quaternary nitrogens is 1. The number of amides is 1. The molecule has 1 aromatic carbocycles. The second kappa shape index (κ2) is 4.84. The molecule has 0 heterocycles. The van der Waals surface area contributed by atoms with Crippen molar-refractivity contribution < 1.29 is 10.1 Å². The van der Waals surface area contributed by atoms with Gasteiger partial charge in [0.2, 0.25) is 0 Å². The molecule has 3 nitrogen and oxygen atoms in total. The third kappa shape index (κ3) is 3.44. The minimum absolute atomic E-state index is 0.00942. The van der Waals surface area contributed by atoms with E-state index in [4.69, 9.17) is 11.6 Å². The summed E-state index contributed by atoms with van der Waals surface area (Å²) in [6, 6.07) is 7.03. The van der Waals surface area contributed by atoms with Gasteiger partial charge >= 0.3 is 0 Å². The van der Waals surface area contributed by atoms with Gasteiger partial charge in [-0.05, 0) is 24.3 Å². The molecule has 0 unspecified atom stereocenters. The van der Waals surface area contributed by atoms with Crippen LogP contribution in [0.5, 0.6) is 0 Å². The maximum Gasteiger partial charge on any atom is 0.279 e. The van der Waals surface area contributed by atoms with E-state index in [-0.39, 0.29) is 5.91 Å². The summed E-state index contributed by atoms with van der Waals surface area (Å²) in [5.74, 6) is -0.00942. The van der Waals surface area contributed by atoms with Crippen LogP contribution in [0, 0.1) is 0 Å². The predicted octanol–water partition coefficient (Wildman–Crippen LogP) is 0.472. The maximum absolute atomic E-state index is 11.1. The highest BCUT2D eigenvalue weighted by Gasteiger charge is 2.01. The van der Waals surface area contributed by atoms with E-state index in [1.165, 1.54) is 0 Å². The number of nitrogens with one attached hydrogen (secondary N) is 1. The highest BCUT2D eigenvalue weighted by atomic mass is 35.5. The molecule has 3 N–H and O–H groups in total. The summed E-state index contributed by atoms with van der Waals surface area (Å²) >= 11 is 5.69. The predicted molar refractivity (Wildman–Crippen MR) is 52.8 cm³/mol. The monoisotopic (exact) mass is 199 g/mol. The Labute approximate surface area is 82.1 Å². The molecular formula is C9H12ClN2O+. The molecule has 0 bridgehead atoms. The van der Waals surface area contributed by atoms with Gasteiger partial charge in [-0.2, -0.15) is 0 Å². The van der Waals surface area contributed by atoms with Crippen molar-refractivity contribution in [3.8, 4) is 0 Å². The van der Waals surface area contributed by atoms with Crippen LogP contribution < -0.4 is 10.6 Å². The summed E-state index contributed by atoms with van der Waals surface area (Å²) in [6.07, 6.45) is 0. The molecule has 0 aromatic heterocycles. The van der Waals surface area contributed by atoms with Crippen molar-refractivity contribution in [2.24, 2.45) is 0 Å². The van der Waals surface area contributed by atoms with Crippen LogP contribution in [0.15, 0.2) is 24.3 Å². The molecule has 70 valence electrons. The molecule has 0 aliphatic rings. The Kier molecular flexibility index (Phi) is 3.73. The number of hydrogen-bond donors (Lipinski definition) is 2. The van der Waals surface area contributed by atoms with Crippen LogP contribution in [0.1, 0.15) is 0 Å². The van der Waals surface area contributed by atoms with Crippen molar-refractivity contribution in [1.82, 2.24) is 0 Å². The van der Waals surface area contributed by atoms with Crippen molar-refractivity contribution in [3.63, 3.8) is 0 Å². The SMILES string of the molecule is C[NH2+]CC(=O)Nc1ccc(Cl)cc1. The minimum Gasteiger partial charge on any atom is -0.341 e. The number of nitrogens with two attached hydrogens (primary N) is 1. The molecule has 1 amide bonds. The second-order valence-electron chi connectivity index (χ2n) is 2.67. The molecular weight excluding hydrogens is 188 g/mol. The number of carbonyl (C=O) groups excluding carboxylic acids is 1. The molecule has 1 rings (SSSR count). The first-order valence-electron chi connectivity index (χ1n) is 4.05. The Bertz CT molecular complexity index is 284. The van der Waals surface area contributed by atoms with Gasteiger partial charge in [0, 0.05) is 10.7 Å². The lowest BCUT2D eigenvalue weighted by molar-refractivity contribution is -0.615. The highest BCUT2D eigenvalue weighted by Crippen LogP contribution is 2.12. The number of anilines is 1. The fraction of sp³-hybridized carbons (Fsp3) is 0.222. The fourth-order valence-corrected chi connectivity index (χ4v) is 1.06. The molecule has 13 heavy (non-hydrogen) atoms. The molecule has 0 saturated carbocycles. The van der Waals surface area contributed by atoms with Crippen LogP contribution in [-0.2, 0) is 4.79 Å². The smallest absolute Gasteiger partial charge is 0.279 e. The van der Waals surface area contributed by atoms with Crippen molar-refractivity contribution in [3.05, 3.63) is 29.3 Å². The molecule has 0 aliphatic carbocycles. The van der Waals surface area contributed by atoms with Crippen molar-refractivity contribution in [2.45, 2.75) is 0 Å². The van der Waals surface area contributed by atoms with Gasteiger partial charge in [0.05, 0.1) is 7.05 Å². The average Bonchev–Trinajstić information content (AvgIpc) is 2.09. The summed E-state index contributed by atoms with van der Waals surface area (Å²) in [7, 11) is 1.85. The Morgan fingerprint density at radius 3 is 2.62 bits per heavy atom. The molecule has 0 radical (unpaired) electrons. The van der Waals surface area contributed by atoms with Crippen LogP contribution in [0.3, 0.4) is 0 Å². The summed E-state index contributed by atoms with van der Waals surface area (Å²) < 4.78 is 0. The number of hydrogen-bond acceptors (Lipinski definition) is 1. The first-order chi connectivity index (χ1) is 6.22. The summed E-state index contributed by atoms with van der Waals surface area (Å²) in [6.45, 7) is 0.433. The van der Waals surface area contributed by atoms with Gasteiger partial charge in [-0.3, -0.25) is 4.79 Å². The molecule has 0 saturated heterocycles. The molecule has 0 atom stereocenters. The zero-order chi connectivity index (χ0) is 9.68. The van der Waals surface area contributed by atoms with E-state index in [0.717, 1.165) is 5.69 Å². The van der Waals surface area contributed by atoms with Crippen LogP contribution >= 0.6 is 11.6 Å². The van der Waals surface area contributed by atoms with Gasteiger partial charge in [0.25, 0.3) is 5.91 Å². The Balaban J connectivity index is 2.54. The summed E-state index contributed by atoms with van der Waals surface area (Å²) in [5.41, 5.74) is 0.774. The van der Waals surface area contributed by atoms with Gasteiger partial charge in [-0.15, -0.1) is 0 Å². The van der Waals surface area contributed by atoms with Gasteiger partial charge in [0.15, 0.2) is 6.54 Å². The van der Waals surface area contributed by atoms with Gasteiger partial charge in [-0.25, -0.2) is 0 Å². The van der Waals surface area contributed by atoms with E-state index in [9.17, 15) is 4.79 Å². The van der Waals surface area contributed by atoms with E-state index >= 15 is 0 Å². The number of carbonyl (C=O) groups is 1. The number of rotatable bonds is 3. The lowest BCUT2D eigenvalue weighted by atomic mass is 10.3. The Hall–Kier alpha value is -1.06.